The summed E-state index contributed by atoms with van der Waals surface area (Å²) in [6, 6.07) is 0. The van der Waals surface area contributed by atoms with Crippen LogP contribution in [0.3, 0.4) is 0 Å². The zero-order valence-corrected chi connectivity index (χ0v) is 14.1. The first-order chi connectivity index (χ1) is 11.2. The molecule has 0 aliphatic carbocycles. The Morgan fingerprint density at radius 2 is 1.35 bits per heavy atom. The zero-order valence-electron chi connectivity index (χ0n) is 14.1. The van der Waals surface area contributed by atoms with E-state index in [-0.39, 0.29) is 25.8 Å². The van der Waals surface area contributed by atoms with E-state index in [9.17, 15) is 9.59 Å². The number of hydrogen-bond acceptors (Lipinski definition) is 6. The van der Waals surface area contributed by atoms with E-state index in [0.717, 1.165) is 12.8 Å². The third-order valence-electron chi connectivity index (χ3n) is 2.94. The molecule has 0 saturated carbocycles. The maximum atomic E-state index is 11.4. The number of esters is 1. The molecule has 0 rings (SSSR count). The molecule has 0 aliphatic heterocycles. The molecule has 0 heterocycles. The van der Waals surface area contributed by atoms with Gasteiger partial charge in [0.2, 0.25) is 0 Å². The fraction of sp³-hybridized carbons (Fsp3) is 0.875. The Hall–Kier alpha value is -1.18. The van der Waals surface area contributed by atoms with Crippen molar-refractivity contribution in [3.05, 3.63) is 0 Å². The van der Waals surface area contributed by atoms with Crippen LogP contribution in [0.15, 0.2) is 0 Å². The van der Waals surface area contributed by atoms with Gasteiger partial charge in [0.1, 0.15) is 13.2 Å². The number of aliphatic carboxylic acids is 1. The predicted octanol–water partition coefficient (Wildman–Crippen LogP) is 2.02. The minimum Gasteiger partial charge on any atom is -0.480 e. The molecule has 136 valence electrons. The van der Waals surface area contributed by atoms with E-state index in [2.05, 4.69) is 6.92 Å². The summed E-state index contributed by atoms with van der Waals surface area (Å²) in [5.41, 5.74) is 0. The molecule has 0 amide bonds. The number of carbonyl (C=O) groups is 2. The molecule has 0 unspecified atom stereocenters. The summed E-state index contributed by atoms with van der Waals surface area (Å²) in [7, 11) is 0. The quantitative estimate of drug-likeness (QED) is 0.321. The zero-order chi connectivity index (χ0) is 17.2. The van der Waals surface area contributed by atoms with Gasteiger partial charge in [0.25, 0.3) is 0 Å². The van der Waals surface area contributed by atoms with Crippen LogP contribution < -0.4 is 0 Å². The lowest BCUT2D eigenvalue weighted by atomic mass is 10.1. The van der Waals surface area contributed by atoms with E-state index in [0.29, 0.717) is 32.8 Å². The Morgan fingerprint density at radius 3 is 1.96 bits per heavy atom. The topological polar surface area (TPSA) is 91.3 Å². The monoisotopic (exact) mass is 334 g/mol. The van der Waals surface area contributed by atoms with Crippen LogP contribution in [-0.4, -0.2) is 63.3 Å². The molecular weight excluding hydrogens is 304 g/mol. The molecule has 0 atom stereocenters. The van der Waals surface area contributed by atoms with Crippen molar-refractivity contribution in [2.45, 2.75) is 45.4 Å². The number of rotatable bonds is 17. The number of ether oxygens (including phenoxy) is 4. The molecule has 0 fully saturated rings. The summed E-state index contributed by atoms with van der Waals surface area (Å²) < 4.78 is 20.3. The second kappa shape index (κ2) is 17.2. The average Bonchev–Trinajstić information content (AvgIpc) is 2.52. The van der Waals surface area contributed by atoms with E-state index < -0.39 is 5.97 Å². The molecule has 0 aromatic carbocycles. The molecule has 23 heavy (non-hydrogen) atoms. The van der Waals surface area contributed by atoms with Crippen molar-refractivity contribution in [3.8, 4) is 0 Å². The molecule has 0 bridgehead atoms. The van der Waals surface area contributed by atoms with Crippen LogP contribution in [0.5, 0.6) is 0 Å². The van der Waals surface area contributed by atoms with Crippen LogP contribution >= 0.6 is 0 Å². The lowest BCUT2D eigenvalue weighted by molar-refractivity contribution is -0.145. The molecule has 0 radical (unpaired) electrons. The average molecular weight is 334 g/mol. The van der Waals surface area contributed by atoms with Gasteiger partial charge in [0.15, 0.2) is 0 Å². The van der Waals surface area contributed by atoms with Crippen molar-refractivity contribution in [3.63, 3.8) is 0 Å². The summed E-state index contributed by atoms with van der Waals surface area (Å²) in [6.45, 7) is 3.80. The third kappa shape index (κ3) is 18.8. The molecule has 0 aliphatic rings. The van der Waals surface area contributed by atoms with E-state index in [1.807, 2.05) is 0 Å². The Balaban J connectivity index is 3.14. The van der Waals surface area contributed by atoms with E-state index in [1.165, 1.54) is 19.3 Å². The van der Waals surface area contributed by atoms with Crippen molar-refractivity contribution >= 4 is 11.9 Å². The van der Waals surface area contributed by atoms with Crippen LogP contribution in [0, 0.1) is 0 Å². The molecule has 7 heteroatoms. The van der Waals surface area contributed by atoms with Gasteiger partial charge >= 0.3 is 11.9 Å². The van der Waals surface area contributed by atoms with Gasteiger partial charge in [-0.1, -0.05) is 32.6 Å². The highest BCUT2D eigenvalue weighted by Gasteiger charge is 2.02. The third-order valence-corrected chi connectivity index (χ3v) is 2.94. The summed E-state index contributed by atoms with van der Waals surface area (Å²) in [5.74, 6) is -1.17. The van der Waals surface area contributed by atoms with Crippen molar-refractivity contribution < 1.29 is 33.6 Å². The number of carbonyl (C=O) groups excluding carboxylic acids is 1. The Morgan fingerprint density at radius 1 is 0.783 bits per heavy atom. The summed E-state index contributed by atoms with van der Waals surface area (Å²) >= 11 is 0. The molecule has 0 aromatic rings. The first-order valence-corrected chi connectivity index (χ1v) is 8.27. The maximum absolute atomic E-state index is 11.4. The molecule has 7 nitrogen and oxygen atoms in total. The van der Waals surface area contributed by atoms with Crippen LogP contribution in [0.4, 0.5) is 0 Å². The Labute approximate surface area is 138 Å². The molecule has 1 N–H and O–H groups in total. The largest absolute Gasteiger partial charge is 0.480 e. The highest BCUT2D eigenvalue weighted by atomic mass is 16.6. The number of hydrogen-bond donors (Lipinski definition) is 1. The number of carboxylic acids is 1. The minimum absolute atomic E-state index is 0.170. The highest BCUT2D eigenvalue weighted by molar-refractivity contribution is 5.69. The summed E-state index contributed by atoms with van der Waals surface area (Å²) in [6.07, 6.45) is 6.03. The van der Waals surface area contributed by atoms with Crippen LogP contribution in [-0.2, 0) is 28.5 Å². The Bertz CT molecular complexity index is 294. The SMILES string of the molecule is CCCCCCCC(=O)OCCOCCOCCOCC(=O)O. The van der Waals surface area contributed by atoms with Crippen molar-refractivity contribution in [2.24, 2.45) is 0 Å². The lowest BCUT2D eigenvalue weighted by Crippen LogP contribution is -2.15. The lowest BCUT2D eigenvalue weighted by Gasteiger charge is -2.07. The van der Waals surface area contributed by atoms with Gasteiger partial charge in [-0.15, -0.1) is 0 Å². The number of unbranched alkanes of at least 4 members (excludes halogenated alkanes) is 4. The van der Waals surface area contributed by atoms with Crippen LogP contribution in [0.2, 0.25) is 0 Å². The van der Waals surface area contributed by atoms with Crippen molar-refractivity contribution in [1.29, 1.82) is 0 Å². The predicted molar refractivity (Wildman–Crippen MR) is 84.4 cm³/mol. The molecule has 0 spiro atoms. The van der Waals surface area contributed by atoms with Gasteiger partial charge in [0.05, 0.1) is 33.0 Å². The first-order valence-electron chi connectivity index (χ1n) is 8.27. The van der Waals surface area contributed by atoms with E-state index >= 15 is 0 Å². The van der Waals surface area contributed by atoms with Gasteiger partial charge in [-0.2, -0.15) is 0 Å². The second-order valence-electron chi connectivity index (χ2n) is 5.06. The first kappa shape index (κ1) is 21.8. The minimum atomic E-state index is -0.996. The smallest absolute Gasteiger partial charge is 0.329 e. The van der Waals surface area contributed by atoms with Gasteiger partial charge in [-0.3, -0.25) is 4.79 Å². The fourth-order valence-corrected chi connectivity index (χ4v) is 1.76. The van der Waals surface area contributed by atoms with E-state index in [4.69, 9.17) is 24.1 Å². The maximum Gasteiger partial charge on any atom is 0.329 e. The van der Waals surface area contributed by atoms with Crippen molar-refractivity contribution in [1.82, 2.24) is 0 Å². The van der Waals surface area contributed by atoms with Gasteiger partial charge in [-0.05, 0) is 6.42 Å². The van der Waals surface area contributed by atoms with Crippen LogP contribution in [0.25, 0.3) is 0 Å². The van der Waals surface area contributed by atoms with E-state index in [1.54, 1.807) is 0 Å². The van der Waals surface area contributed by atoms with Gasteiger partial charge in [-0.25, -0.2) is 4.79 Å². The fourth-order valence-electron chi connectivity index (χ4n) is 1.76. The normalized spacial score (nSPS) is 10.7. The standard InChI is InChI=1S/C16H30O7/c1-2-3-4-5-6-7-16(19)23-13-12-21-9-8-20-10-11-22-14-15(17)18/h2-14H2,1H3,(H,17,18). The van der Waals surface area contributed by atoms with Crippen LogP contribution in [0.1, 0.15) is 45.4 Å². The highest BCUT2D eigenvalue weighted by Crippen LogP contribution is 2.05. The molecule has 0 saturated heterocycles. The Kier molecular flexibility index (Phi) is 16.3. The van der Waals surface area contributed by atoms with Gasteiger partial charge in [0, 0.05) is 6.42 Å². The van der Waals surface area contributed by atoms with Crippen molar-refractivity contribution in [2.75, 3.05) is 46.2 Å². The second-order valence-corrected chi connectivity index (χ2v) is 5.06. The molecule has 0 aromatic heterocycles. The molecular formula is C16H30O7. The van der Waals surface area contributed by atoms with Gasteiger partial charge < -0.3 is 24.1 Å². The summed E-state index contributed by atoms with van der Waals surface area (Å²) in [4.78, 5) is 21.6. The number of carboxylic acid groups (broad SMARTS) is 1. The summed E-state index contributed by atoms with van der Waals surface area (Å²) in [5, 5.41) is 8.34.